The lowest BCUT2D eigenvalue weighted by Crippen LogP contribution is -2.36. The van der Waals surface area contributed by atoms with E-state index in [1.54, 1.807) is 24.5 Å². The quantitative estimate of drug-likeness (QED) is 0.409. The lowest BCUT2D eigenvalue weighted by atomic mass is 10.0. The number of hydrogen-bond donors (Lipinski definition) is 1. The van der Waals surface area contributed by atoms with E-state index in [0.29, 0.717) is 48.0 Å². The zero-order chi connectivity index (χ0) is 26.2. The maximum Gasteiger partial charge on any atom is 0.257 e. The number of morpholine rings is 1. The molecule has 38 heavy (non-hydrogen) atoms. The fraction of sp³-hybridized carbons (Fsp3) is 0.321. The molecule has 0 radical (unpaired) electrons. The molecule has 0 unspecified atom stereocenters. The van der Waals surface area contributed by atoms with Crippen LogP contribution in [0.25, 0.3) is 10.9 Å². The summed E-state index contributed by atoms with van der Waals surface area (Å²) < 4.78 is 15.8. The number of benzene rings is 2. The predicted molar refractivity (Wildman–Crippen MR) is 144 cm³/mol. The molecule has 0 spiro atoms. The number of nitrogens with zero attached hydrogens (tertiary/aromatic N) is 4. The molecule has 4 aromatic rings. The Balaban J connectivity index is 1.39. The highest BCUT2D eigenvalue weighted by Gasteiger charge is 2.29. The van der Waals surface area contributed by atoms with Crippen LogP contribution < -0.4 is 15.5 Å². The molecule has 9 nitrogen and oxygen atoms in total. The van der Waals surface area contributed by atoms with Gasteiger partial charge < -0.3 is 23.9 Å². The van der Waals surface area contributed by atoms with Crippen LogP contribution in [0.4, 0.5) is 0 Å². The van der Waals surface area contributed by atoms with Crippen LogP contribution in [0.2, 0.25) is 5.02 Å². The molecule has 1 amide bonds. The Morgan fingerprint density at radius 2 is 1.95 bits per heavy atom. The third-order valence-electron chi connectivity index (χ3n) is 7.10. The van der Waals surface area contributed by atoms with Gasteiger partial charge in [-0.15, -0.1) is 0 Å². The standard InChI is InChI=1S/C28H28ClN5O4/c1-32-7-6-30-27(32)24-17-34-16-22(28(36)31-14-18-2-4-20(29)5-3-18)26(35)21-12-19(13-23(38-24)25(21)34)15-33-8-10-37-11-9-33/h2-7,12-13,16,24H,8-11,14-15,17H2,1H3,(H,31,36)/t24-/m1/s1. The van der Waals surface area contributed by atoms with Crippen molar-refractivity contribution in [1.82, 2.24) is 24.3 Å². The predicted octanol–water partition coefficient (Wildman–Crippen LogP) is 3.28. The van der Waals surface area contributed by atoms with Gasteiger partial charge in [0.2, 0.25) is 5.43 Å². The van der Waals surface area contributed by atoms with E-state index < -0.39 is 5.91 Å². The highest BCUT2D eigenvalue weighted by Crippen LogP contribution is 2.36. The van der Waals surface area contributed by atoms with Crippen LogP contribution in [0.5, 0.6) is 5.75 Å². The van der Waals surface area contributed by atoms with Crippen LogP contribution in [0.1, 0.15) is 33.4 Å². The number of nitrogens with one attached hydrogen (secondary N) is 1. The molecule has 6 rings (SSSR count). The smallest absolute Gasteiger partial charge is 0.257 e. The molecule has 1 fully saturated rings. The van der Waals surface area contributed by atoms with Crippen molar-refractivity contribution in [2.45, 2.75) is 25.7 Å². The monoisotopic (exact) mass is 533 g/mol. The van der Waals surface area contributed by atoms with Crippen molar-refractivity contribution in [2.24, 2.45) is 7.05 Å². The van der Waals surface area contributed by atoms with E-state index in [0.717, 1.165) is 30.0 Å². The first-order valence-electron chi connectivity index (χ1n) is 12.6. The van der Waals surface area contributed by atoms with Crippen LogP contribution >= 0.6 is 11.6 Å². The Bertz CT molecular complexity index is 1560. The molecule has 196 valence electrons. The van der Waals surface area contributed by atoms with E-state index in [-0.39, 0.29) is 23.6 Å². The van der Waals surface area contributed by atoms with Gasteiger partial charge in [-0.1, -0.05) is 23.7 Å². The molecule has 2 aliphatic rings. The Kier molecular flexibility index (Phi) is 6.65. The van der Waals surface area contributed by atoms with Gasteiger partial charge in [0.25, 0.3) is 5.91 Å². The molecule has 0 aliphatic carbocycles. The lowest BCUT2D eigenvalue weighted by Gasteiger charge is -2.30. The molecule has 1 N–H and O–H groups in total. The van der Waals surface area contributed by atoms with Gasteiger partial charge in [-0.25, -0.2) is 4.98 Å². The second kappa shape index (κ2) is 10.2. The second-order valence-electron chi connectivity index (χ2n) is 9.71. The molecular formula is C28H28ClN5O4. The Labute approximate surface area is 224 Å². The topological polar surface area (TPSA) is 90.6 Å². The van der Waals surface area contributed by atoms with Crippen LogP contribution in [0.3, 0.4) is 0 Å². The van der Waals surface area contributed by atoms with Gasteiger partial charge in [0.1, 0.15) is 11.3 Å². The number of pyridine rings is 1. The molecule has 0 bridgehead atoms. The van der Waals surface area contributed by atoms with Crippen molar-refractivity contribution >= 4 is 28.4 Å². The largest absolute Gasteiger partial charge is 0.478 e. The third kappa shape index (κ3) is 4.80. The van der Waals surface area contributed by atoms with Crippen molar-refractivity contribution in [3.63, 3.8) is 0 Å². The van der Waals surface area contributed by atoms with Crippen LogP contribution in [-0.2, 0) is 31.4 Å². The zero-order valence-electron chi connectivity index (χ0n) is 21.0. The van der Waals surface area contributed by atoms with E-state index in [4.69, 9.17) is 21.1 Å². The Hall–Kier alpha value is -3.66. The molecule has 2 aromatic carbocycles. The van der Waals surface area contributed by atoms with Gasteiger partial charge in [0.05, 0.1) is 30.7 Å². The molecule has 10 heteroatoms. The number of carbonyl (C=O) groups excluding carboxylic acids is 1. The lowest BCUT2D eigenvalue weighted by molar-refractivity contribution is 0.0341. The number of aryl methyl sites for hydroxylation is 1. The van der Waals surface area contributed by atoms with Gasteiger partial charge in [-0.2, -0.15) is 0 Å². The van der Waals surface area contributed by atoms with Crippen LogP contribution in [0.15, 0.2) is 59.8 Å². The average Bonchev–Trinajstić information content (AvgIpc) is 3.36. The minimum Gasteiger partial charge on any atom is -0.478 e. The maximum absolute atomic E-state index is 13.7. The number of aromatic nitrogens is 3. The van der Waals surface area contributed by atoms with Crippen molar-refractivity contribution in [1.29, 1.82) is 0 Å². The summed E-state index contributed by atoms with van der Waals surface area (Å²) in [6.07, 6.45) is 4.89. The van der Waals surface area contributed by atoms with E-state index >= 15 is 0 Å². The van der Waals surface area contributed by atoms with Crippen molar-refractivity contribution in [2.75, 3.05) is 26.3 Å². The number of rotatable bonds is 6. The molecule has 1 saturated heterocycles. The summed E-state index contributed by atoms with van der Waals surface area (Å²) in [6, 6.07) is 11.1. The second-order valence-corrected chi connectivity index (χ2v) is 10.2. The summed E-state index contributed by atoms with van der Waals surface area (Å²) in [5, 5.41) is 3.99. The molecule has 0 saturated carbocycles. The summed E-state index contributed by atoms with van der Waals surface area (Å²) in [6.45, 7) is 4.38. The van der Waals surface area contributed by atoms with E-state index in [1.807, 2.05) is 46.6 Å². The normalized spacial score (nSPS) is 17.4. The number of halogens is 1. The SMILES string of the molecule is Cn1ccnc1[C@H]1Cn2cc(C(=O)NCc3ccc(Cl)cc3)c(=O)c3cc(CN4CCOCC4)cc(c32)O1. The summed E-state index contributed by atoms with van der Waals surface area (Å²) in [5.41, 5.74) is 2.33. The fourth-order valence-electron chi connectivity index (χ4n) is 5.13. The summed E-state index contributed by atoms with van der Waals surface area (Å²) in [7, 11) is 1.92. The molecule has 2 aromatic heterocycles. The van der Waals surface area contributed by atoms with Gasteiger partial charge in [-0.3, -0.25) is 14.5 Å². The number of imidazole rings is 1. The Morgan fingerprint density at radius 3 is 2.68 bits per heavy atom. The number of carbonyl (C=O) groups is 1. The zero-order valence-corrected chi connectivity index (χ0v) is 21.8. The third-order valence-corrected chi connectivity index (χ3v) is 7.35. The van der Waals surface area contributed by atoms with Crippen molar-refractivity contribution in [3.05, 3.63) is 92.7 Å². The van der Waals surface area contributed by atoms with Gasteiger partial charge >= 0.3 is 0 Å². The average molecular weight is 534 g/mol. The molecule has 1 atom stereocenters. The molecular weight excluding hydrogens is 506 g/mol. The van der Waals surface area contributed by atoms with Crippen molar-refractivity contribution in [3.8, 4) is 5.75 Å². The first-order chi connectivity index (χ1) is 18.5. The summed E-state index contributed by atoms with van der Waals surface area (Å²) in [5.74, 6) is 0.973. The highest BCUT2D eigenvalue weighted by atomic mass is 35.5. The van der Waals surface area contributed by atoms with E-state index in [1.165, 1.54) is 0 Å². The number of ether oxygens (including phenoxy) is 2. The summed E-state index contributed by atoms with van der Waals surface area (Å²) in [4.78, 5) is 33.7. The minimum absolute atomic E-state index is 0.0985. The van der Waals surface area contributed by atoms with Gasteiger partial charge in [0.15, 0.2) is 11.9 Å². The maximum atomic E-state index is 13.7. The first-order valence-corrected chi connectivity index (χ1v) is 13.0. The van der Waals surface area contributed by atoms with Gasteiger partial charge in [-0.05, 0) is 35.4 Å². The van der Waals surface area contributed by atoms with E-state index in [2.05, 4.69) is 15.2 Å². The first kappa shape index (κ1) is 24.7. The summed E-state index contributed by atoms with van der Waals surface area (Å²) >= 11 is 5.97. The number of amides is 1. The minimum atomic E-state index is -0.421. The fourth-order valence-corrected chi connectivity index (χ4v) is 5.26. The Morgan fingerprint density at radius 1 is 1.16 bits per heavy atom. The van der Waals surface area contributed by atoms with Crippen LogP contribution in [-0.4, -0.2) is 51.2 Å². The molecule has 4 heterocycles. The van der Waals surface area contributed by atoms with Crippen LogP contribution in [0, 0.1) is 0 Å². The van der Waals surface area contributed by atoms with E-state index in [9.17, 15) is 9.59 Å². The molecule has 2 aliphatic heterocycles. The van der Waals surface area contributed by atoms with Gasteiger partial charge in [0, 0.05) is 56.8 Å². The number of hydrogen-bond acceptors (Lipinski definition) is 6. The highest BCUT2D eigenvalue weighted by molar-refractivity contribution is 6.30. The van der Waals surface area contributed by atoms with Crippen molar-refractivity contribution < 1.29 is 14.3 Å².